The summed E-state index contributed by atoms with van der Waals surface area (Å²) in [6, 6.07) is 11.4. The maximum atomic E-state index is 12.1. The number of hydrogen-bond acceptors (Lipinski definition) is 5. The lowest BCUT2D eigenvalue weighted by Crippen LogP contribution is -2.14. The molecule has 7 heteroatoms. The van der Waals surface area contributed by atoms with E-state index in [9.17, 15) is 9.59 Å². The van der Waals surface area contributed by atoms with Crippen LogP contribution in [0.15, 0.2) is 47.3 Å². The van der Waals surface area contributed by atoms with Gasteiger partial charge in [-0.05, 0) is 24.3 Å². The number of aliphatic hydroxyl groups excluding tert-OH is 1. The lowest BCUT2D eigenvalue weighted by molar-refractivity contribution is 0.0904. The van der Waals surface area contributed by atoms with Crippen LogP contribution in [-0.2, 0) is 6.61 Å². The third kappa shape index (κ3) is 3.29. The van der Waals surface area contributed by atoms with Crippen molar-refractivity contribution in [2.45, 2.75) is 6.61 Å². The first-order chi connectivity index (χ1) is 11.6. The maximum Gasteiger partial charge on any atom is 0.258 e. The number of aromatic nitrogens is 2. The highest BCUT2D eigenvalue weighted by molar-refractivity contribution is 6.32. The number of nitrogens with zero attached hydrogens (tertiary/aromatic N) is 1. The molecule has 2 aromatic carbocycles. The van der Waals surface area contributed by atoms with Gasteiger partial charge in [0.1, 0.15) is 24.8 Å². The summed E-state index contributed by atoms with van der Waals surface area (Å²) < 4.78 is 5.55. The van der Waals surface area contributed by atoms with E-state index in [4.69, 9.17) is 21.4 Å². The molecule has 0 fully saturated rings. The van der Waals surface area contributed by atoms with Gasteiger partial charge in [0.2, 0.25) is 0 Å². The van der Waals surface area contributed by atoms with Gasteiger partial charge in [-0.2, -0.15) is 0 Å². The van der Waals surface area contributed by atoms with Gasteiger partial charge in [-0.3, -0.25) is 9.59 Å². The van der Waals surface area contributed by atoms with Crippen molar-refractivity contribution in [1.82, 2.24) is 9.97 Å². The number of Topliss-reactive ketones (excluding diaryl/α,β-unsaturated/α-hetero) is 1. The predicted octanol–water partition coefficient (Wildman–Crippen LogP) is 2.33. The van der Waals surface area contributed by atoms with E-state index in [0.29, 0.717) is 33.1 Å². The molecule has 0 saturated carbocycles. The number of rotatable bonds is 5. The van der Waals surface area contributed by atoms with Gasteiger partial charge in [0.25, 0.3) is 5.56 Å². The zero-order valence-corrected chi connectivity index (χ0v) is 13.2. The number of aliphatic hydroxyl groups is 1. The van der Waals surface area contributed by atoms with Gasteiger partial charge in [-0.1, -0.05) is 29.8 Å². The van der Waals surface area contributed by atoms with Crippen molar-refractivity contribution in [3.8, 4) is 5.75 Å². The smallest absolute Gasteiger partial charge is 0.258 e. The highest BCUT2D eigenvalue weighted by atomic mass is 35.5. The molecule has 1 aromatic heterocycles. The number of benzene rings is 2. The quantitative estimate of drug-likeness (QED) is 0.693. The monoisotopic (exact) mass is 344 g/mol. The lowest BCUT2D eigenvalue weighted by atomic mass is 10.1. The number of carbonyl (C=O) groups excluding carboxylic acids is 1. The van der Waals surface area contributed by atoms with Crippen LogP contribution in [0.1, 0.15) is 16.2 Å². The average Bonchev–Trinajstić information content (AvgIpc) is 2.60. The zero-order chi connectivity index (χ0) is 17.1. The number of para-hydroxylation sites is 1. The van der Waals surface area contributed by atoms with Crippen molar-refractivity contribution in [3.05, 3.63) is 69.2 Å². The Kier molecular flexibility index (Phi) is 4.59. The molecule has 1 heterocycles. The van der Waals surface area contributed by atoms with Crippen molar-refractivity contribution >= 4 is 28.3 Å². The summed E-state index contributed by atoms with van der Waals surface area (Å²) in [5, 5.41) is 9.74. The summed E-state index contributed by atoms with van der Waals surface area (Å²) in [5.74, 6) is 0.347. The number of ether oxygens (including phenoxy) is 1. The Bertz CT molecular complexity index is 968. The summed E-state index contributed by atoms with van der Waals surface area (Å²) in [5.41, 5.74) is 0.317. The third-order valence-corrected chi connectivity index (χ3v) is 3.73. The van der Waals surface area contributed by atoms with Crippen LogP contribution < -0.4 is 10.3 Å². The molecule has 0 aliphatic carbocycles. The first kappa shape index (κ1) is 16.2. The van der Waals surface area contributed by atoms with E-state index in [0.717, 1.165) is 0 Å². The standard InChI is InChI=1S/C17H13ClN2O4/c18-12-3-1-2-4-15(12)24-9-16-19-13-7-10(14(22)8-21)5-6-11(13)17(23)20-16/h1-7,21H,8-9H2,(H,19,20,23). The Morgan fingerprint density at radius 1 is 1.25 bits per heavy atom. The Labute approximate surface area is 141 Å². The third-order valence-electron chi connectivity index (χ3n) is 3.42. The first-order valence-corrected chi connectivity index (χ1v) is 7.50. The molecule has 24 heavy (non-hydrogen) atoms. The van der Waals surface area contributed by atoms with Gasteiger partial charge in [-0.15, -0.1) is 0 Å². The van der Waals surface area contributed by atoms with Crippen molar-refractivity contribution < 1.29 is 14.6 Å². The molecule has 0 unspecified atom stereocenters. The van der Waals surface area contributed by atoms with E-state index < -0.39 is 12.4 Å². The number of carbonyl (C=O) groups is 1. The maximum absolute atomic E-state index is 12.1. The fourth-order valence-corrected chi connectivity index (χ4v) is 2.42. The van der Waals surface area contributed by atoms with Crippen molar-refractivity contribution in [2.24, 2.45) is 0 Å². The predicted molar refractivity (Wildman–Crippen MR) is 89.6 cm³/mol. The van der Waals surface area contributed by atoms with Crippen LogP contribution in [0.5, 0.6) is 5.75 Å². The van der Waals surface area contributed by atoms with E-state index in [1.165, 1.54) is 18.2 Å². The van der Waals surface area contributed by atoms with Crippen LogP contribution in [0, 0.1) is 0 Å². The van der Waals surface area contributed by atoms with E-state index in [1.54, 1.807) is 24.3 Å². The molecule has 2 N–H and O–H groups in total. The molecule has 6 nitrogen and oxygen atoms in total. The Morgan fingerprint density at radius 3 is 2.79 bits per heavy atom. The summed E-state index contributed by atoms with van der Waals surface area (Å²) in [6.45, 7) is -0.579. The second-order valence-electron chi connectivity index (χ2n) is 5.04. The fourth-order valence-electron chi connectivity index (χ4n) is 2.23. The van der Waals surface area contributed by atoms with Crippen LogP contribution in [0.2, 0.25) is 5.02 Å². The van der Waals surface area contributed by atoms with Crippen LogP contribution >= 0.6 is 11.6 Å². The second kappa shape index (κ2) is 6.82. The zero-order valence-electron chi connectivity index (χ0n) is 12.5. The van der Waals surface area contributed by atoms with Gasteiger partial charge in [0.15, 0.2) is 5.78 Å². The van der Waals surface area contributed by atoms with E-state index in [2.05, 4.69) is 9.97 Å². The van der Waals surface area contributed by atoms with Crippen molar-refractivity contribution in [1.29, 1.82) is 0 Å². The highest BCUT2D eigenvalue weighted by Crippen LogP contribution is 2.23. The molecule has 0 atom stereocenters. The normalized spacial score (nSPS) is 10.8. The van der Waals surface area contributed by atoms with Gasteiger partial charge in [0.05, 0.1) is 15.9 Å². The summed E-state index contributed by atoms with van der Waals surface area (Å²) in [6.07, 6.45) is 0. The summed E-state index contributed by atoms with van der Waals surface area (Å²) in [4.78, 5) is 30.6. The molecule has 0 bridgehead atoms. The van der Waals surface area contributed by atoms with Crippen molar-refractivity contribution in [2.75, 3.05) is 6.61 Å². The number of halogens is 1. The van der Waals surface area contributed by atoms with Crippen LogP contribution in [0.3, 0.4) is 0 Å². The summed E-state index contributed by atoms with van der Waals surface area (Å²) >= 11 is 6.01. The number of ketones is 1. The molecule has 122 valence electrons. The largest absolute Gasteiger partial charge is 0.484 e. The Morgan fingerprint density at radius 2 is 2.04 bits per heavy atom. The minimum atomic E-state index is -0.600. The minimum absolute atomic E-state index is 0.0209. The number of nitrogens with one attached hydrogen (secondary N) is 1. The molecule has 0 spiro atoms. The molecule has 3 rings (SSSR count). The topological polar surface area (TPSA) is 92.3 Å². The van der Waals surface area contributed by atoms with Crippen LogP contribution in [0.4, 0.5) is 0 Å². The molecular weight excluding hydrogens is 332 g/mol. The van der Waals surface area contributed by atoms with Gasteiger partial charge in [0, 0.05) is 5.56 Å². The number of hydrogen-bond donors (Lipinski definition) is 2. The number of aromatic amines is 1. The second-order valence-corrected chi connectivity index (χ2v) is 5.45. The fraction of sp³-hybridized carbons (Fsp3) is 0.118. The van der Waals surface area contributed by atoms with Gasteiger partial charge >= 0.3 is 0 Å². The summed E-state index contributed by atoms with van der Waals surface area (Å²) in [7, 11) is 0. The average molecular weight is 345 g/mol. The first-order valence-electron chi connectivity index (χ1n) is 7.13. The van der Waals surface area contributed by atoms with E-state index >= 15 is 0 Å². The number of fused-ring (bicyclic) bond motifs is 1. The van der Waals surface area contributed by atoms with Gasteiger partial charge in [-0.25, -0.2) is 4.98 Å². The lowest BCUT2D eigenvalue weighted by Gasteiger charge is -2.08. The molecule has 0 amide bonds. The molecule has 0 radical (unpaired) electrons. The van der Waals surface area contributed by atoms with Crippen LogP contribution in [0.25, 0.3) is 10.9 Å². The Balaban J connectivity index is 1.92. The molecule has 0 saturated heterocycles. The molecule has 0 aliphatic rings. The van der Waals surface area contributed by atoms with E-state index in [1.807, 2.05) is 0 Å². The highest BCUT2D eigenvalue weighted by Gasteiger charge is 2.10. The van der Waals surface area contributed by atoms with Crippen LogP contribution in [-0.4, -0.2) is 27.5 Å². The molecule has 0 aliphatic heterocycles. The SMILES string of the molecule is O=C(CO)c1ccc2c(=O)[nH]c(COc3ccccc3Cl)nc2c1. The minimum Gasteiger partial charge on any atom is -0.484 e. The Hall–Kier alpha value is -2.70. The number of H-pyrrole nitrogens is 1. The van der Waals surface area contributed by atoms with Crippen molar-refractivity contribution in [3.63, 3.8) is 0 Å². The van der Waals surface area contributed by atoms with Gasteiger partial charge < -0.3 is 14.8 Å². The molecule has 3 aromatic rings. The molecular formula is C17H13ClN2O4. The van der Waals surface area contributed by atoms with E-state index in [-0.39, 0.29) is 12.2 Å².